The number of carbonyl (C=O) groups is 3. The van der Waals surface area contributed by atoms with Gasteiger partial charge in [-0.2, -0.15) is 11.8 Å². The van der Waals surface area contributed by atoms with Gasteiger partial charge in [0, 0.05) is 18.1 Å². The summed E-state index contributed by atoms with van der Waals surface area (Å²) in [7, 11) is 0. The molecule has 8 nitrogen and oxygen atoms in total. The van der Waals surface area contributed by atoms with Crippen LogP contribution in [-0.4, -0.2) is 68.7 Å². The summed E-state index contributed by atoms with van der Waals surface area (Å²) in [5.74, 6) is 2.50. The highest BCUT2D eigenvalue weighted by Crippen LogP contribution is 2.27. The van der Waals surface area contributed by atoms with Crippen LogP contribution in [0.25, 0.3) is 0 Å². The number of nitrogens with one attached hydrogen (secondary N) is 2. The topological polar surface area (TPSA) is 108 Å². The van der Waals surface area contributed by atoms with Crippen molar-refractivity contribution in [2.45, 2.75) is 77.1 Å². The number of hydrogen-bond acceptors (Lipinski definition) is 7. The number of hydrogen-bond donors (Lipinski definition) is 3. The maximum atomic E-state index is 13.2. The SMILES string of the molecule is CC(C)(C)OC(=O)N1CSC[C@H]1C(=O)N[C@@H](CSCC1CCCCC1)C(=O)NCc1ccc(O)cc1. The Balaban J connectivity index is 1.61. The van der Waals surface area contributed by atoms with Crippen LogP contribution in [0.2, 0.25) is 0 Å². The van der Waals surface area contributed by atoms with Gasteiger partial charge in [-0.05, 0) is 63.0 Å². The molecule has 2 aliphatic rings. The average Bonchev–Trinajstić information content (AvgIpc) is 3.33. The third-order valence-electron chi connectivity index (χ3n) is 6.21. The first-order valence-electron chi connectivity index (χ1n) is 12.6. The molecule has 2 fully saturated rings. The summed E-state index contributed by atoms with van der Waals surface area (Å²) < 4.78 is 5.47. The molecule has 1 aromatic rings. The fraction of sp³-hybridized carbons (Fsp3) is 0.654. The number of thioether (sulfide) groups is 2. The second kappa shape index (κ2) is 13.5. The number of amides is 3. The lowest BCUT2D eigenvalue weighted by atomic mass is 9.91. The average molecular weight is 538 g/mol. The normalized spacial score (nSPS) is 19.5. The Bertz CT molecular complexity index is 885. The van der Waals surface area contributed by atoms with E-state index in [9.17, 15) is 19.5 Å². The monoisotopic (exact) mass is 537 g/mol. The van der Waals surface area contributed by atoms with Crippen molar-refractivity contribution < 1.29 is 24.2 Å². The van der Waals surface area contributed by atoms with E-state index in [-0.39, 0.29) is 17.6 Å². The van der Waals surface area contributed by atoms with Crippen molar-refractivity contribution in [2.24, 2.45) is 5.92 Å². The van der Waals surface area contributed by atoms with Crippen molar-refractivity contribution in [1.29, 1.82) is 0 Å². The van der Waals surface area contributed by atoms with Crippen LogP contribution in [0.1, 0.15) is 58.4 Å². The molecule has 3 amide bonds. The number of nitrogens with zero attached hydrogens (tertiary/aromatic N) is 1. The highest BCUT2D eigenvalue weighted by Gasteiger charge is 2.38. The van der Waals surface area contributed by atoms with Crippen molar-refractivity contribution in [3.8, 4) is 5.75 Å². The highest BCUT2D eigenvalue weighted by molar-refractivity contribution is 7.99. The zero-order valence-electron chi connectivity index (χ0n) is 21.5. The van der Waals surface area contributed by atoms with E-state index < -0.39 is 23.8 Å². The summed E-state index contributed by atoms with van der Waals surface area (Å²) in [6.07, 6.45) is 5.75. The molecule has 200 valence electrons. The molecular formula is C26H39N3O5S2. The molecule has 1 saturated carbocycles. The lowest BCUT2D eigenvalue weighted by Crippen LogP contribution is -2.55. The molecule has 10 heteroatoms. The third kappa shape index (κ3) is 9.10. The third-order valence-corrected chi connectivity index (χ3v) is 8.50. The Kier molecular flexibility index (Phi) is 10.7. The summed E-state index contributed by atoms with van der Waals surface area (Å²) in [4.78, 5) is 40.4. The van der Waals surface area contributed by atoms with Crippen LogP contribution < -0.4 is 10.6 Å². The number of ether oxygens (including phenoxy) is 1. The van der Waals surface area contributed by atoms with Gasteiger partial charge >= 0.3 is 6.09 Å². The van der Waals surface area contributed by atoms with Gasteiger partial charge in [0.25, 0.3) is 0 Å². The second-order valence-electron chi connectivity index (χ2n) is 10.5. The first-order chi connectivity index (χ1) is 17.1. The van der Waals surface area contributed by atoms with Crippen molar-refractivity contribution in [1.82, 2.24) is 15.5 Å². The molecule has 36 heavy (non-hydrogen) atoms. The molecule has 1 heterocycles. The highest BCUT2D eigenvalue weighted by atomic mass is 32.2. The molecule has 0 aromatic heterocycles. The Morgan fingerprint density at radius 1 is 1.17 bits per heavy atom. The summed E-state index contributed by atoms with van der Waals surface area (Å²) in [5, 5.41) is 15.3. The summed E-state index contributed by atoms with van der Waals surface area (Å²) in [6.45, 7) is 5.67. The quantitative estimate of drug-likeness (QED) is 0.435. The van der Waals surface area contributed by atoms with Crippen LogP contribution in [0, 0.1) is 5.92 Å². The lowest BCUT2D eigenvalue weighted by molar-refractivity contribution is -0.130. The van der Waals surface area contributed by atoms with Gasteiger partial charge in [-0.15, -0.1) is 11.8 Å². The molecule has 1 aliphatic carbocycles. The zero-order valence-corrected chi connectivity index (χ0v) is 23.1. The summed E-state index contributed by atoms with van der Waals surface area (Å²) >= 11 is 3.19. The predicted octanol–water partition coefficient (Wildman–Crippen LogP) is 4.12. The van der Waals surface area contributed by atoms with Crippen LogP contribution in [0.5, 0.6) is 5.75 Å². The fourth-order valence-corrected chi connectivity index (χ4v) is 6.66. The predicted molar refractivity (Wildman–Crippen MR) is 145 cm³/mol. The minimum absolute atomic E-state index is 0.165. The van der Waals surface area contributed by atoms with E-state index in [2.05, 4.69) is 10.6 Å². The number of phenols is 1. The van der Waals surface area contributed by atoms with Crippen LogP contribution in [0.3, 0.4) is 0 Å². The zero-order chi connectivity index (χ0) is 26.1. The van der Waals surface area contributed by atoms with Crippen LogP contribution in [-0.2, 0) is 20.9 Å². The van der Waals surface area contributed by atoms with Crippen molar-refractivity contribution in [2.75, 3.05) is 23.1 Å². The first-order valence-corrected chi connectivity index (χ1v) is 14.9. The number of phenolic OH excluding ortho intramolecular Hbond substituents is 1. The molecule has 0 unspecified atom stereocenters. The van der Waals surface area contributed by atoms with Crippen molar-refractivity contribution in [3.05, 3.63) is 29.8 Å². The Labute approximate surface area is 222 Å². The molecule has 0 spiro atoms. The number of aromatic hydroxyl groups is 1. The molecule has 3 rings (SSSR count). The first kappa shape index (κ1) is 28.5. The maximum absolute atomic E-state index is 13.2. The van der Waals surface area contributed by atoms with Gasteiger partial charge in [0.05, 0.1) is 5.88 Å². The van der Waals surface area contributed by atoms with E-state index in [1.165, 1.54) is 48.8 Å². The molecule has 0 bridgehead atoms. The van der Waals surface area contributed by atoms with Gasteiger partial charge in [-0.25, -0.2) is 4.79 Å². The number of benzene rings is 1. The molecular weight excluding hydrogens is 498 g/mol. The van der Waals surface area contributed by atoms with Gasteiger partial charge in [0.15, 0.2) is 0 Å². The minimum Gasteiger partial charge on any atom is -0.508 e. The van der Waals surface area contributed by atoms with Gasteiger partial charge in [-0.1, -0.05) is 31.4 Å². The second-order valence-corrected chi connectivity index (χ2v) is 12.5. The van der Waals surface area contributed by atoms with E-state index in [0.29, 0.717) is 29.8 Å². The van der Waals surface area contributed by atoms with E-state index in [1.807, 2.05) is 0 Å². The number of carbonyl (C=O) groups excluding carboxylic acids is 3. The molecule has 1 aliphatic heterocycles. The van der Waals surface area contributed by atoms with Crippen molar-refractivity contribution >= 4 is 41.4 Å². The maximum Gasteiger partial charge on any atom is 0.411 e. The molecule has 1 aromatic carbocycles. The molecule has 0 radical (unpaired) electrons. The van der Waals surface area contributed by atoms with Crippen LogP contribution >= 0.6 is 23.5 Å². The largest absolute Gasteiger partial charge is 0.508 e. The fourth-order valence-electron chi connectivity index (χ4n) is 4.24. The van der Waals surface area contributed by atoms with E-state index in [4.69, 9.17) is 4.74 Å². The Morgan fingerprint density at radius 3 is 2.53 bits per heavy atom. The van der Waals surface area contributed by atoms with Crippen LogP contribution in [0.4, 0.5) is 4.79 Å². The van der Waals surface area contributed by atoms with Gasteiger partial charge < -0.3 is 20.5 Å². The van der Waals surface area contributed by atoms with E-state index in [1.54, 1.807) is 56.8 Å². The number of rotatable bonds is 9. The summed E-state index contributed by atoms with van der Waals surface area (Å²) in [6, 6.07) is 5.24. The van der Waals surface area contributed by atoms with Gasteiger partial charge in [-0.3, -0.25) is 14.5 Å². The molecule has 3 N–H and O–H groups in total. The minimum atomic E-state index is -0.714. The van der Waals surface area contributed by atoms with Crippen molar-refractivity contribution in [3.63, 3.8) is 0 Å². The molecule has 1 saturated heterocycles. The molecule has 2 atom stereocenters. The lowest BCUT2D eigenvalue weighted by Gasteiger charge is -2.28. The van der Waals surface area contributed by atoms with E-state index in [0.717, 1.165) is 11.3 Å². The Morgan fingerprint density at radius 2 is 1.86 bits per heavy atom. The van der Waals surface area contributed by atoms with Gasteiger partial charge in [0.1, 0.15) is 23.4 Å². The van der Waals surface area contributed by atoms with E-state index >= 15 is 0 Å². The van der Waals surface area contributed by atoms with Gasteiger partial charge in [0.2, 0.25) is 11.8 Å². The smallest absolute Gasteiger partial charge is 0.411 e. The van der Waals surface area contributed by atoms with Crippen LogP contribution in [0.15, 0.2) is 24.3 Å². The standard InChI is InChI=1S/C26H39N3O5S2/c1-26(2,3)34-25(33)29-17-36-16-22(29)24(32)28-21(15-35-14-19-7-5-4-6-8-19)23(31)27-13-18-9-11-20(30)12-10-18/h9-12,19,21-22,30H,4-8,13-17H2,1-3H3,(H,27,31)(H,28,32)/t21-,22-/m0/s1. The summed E-state index contributed by atoms with van der Waals surface area (Å²) in [5.41, 5.74) is 0.196. The Hall–Kier alpha value is -2.07.